The molecule has 96 valence electrons. The van der Waals surface area contributed by atoms with Crippen molar-refractivity contribution in [1.82, 2.24) is 0 Å². The number of fused-ring (bicyclic) bond motifs is 3. The second kappa shape index (κ2) is 4.88. The van der Waals surface area contributed by atoms with Gasteiger partial charge < -0.3 is 4.74 Å². The molecule has 0 spiro atoms. The molecule has 0 saturated heterocycles. The lowest BCUT2D eigenvalue weighted by atomic mass is 9.97. The third-order valence-electron chi connectivity index (χ3n) is 3.64. The standard InChI is InChI=1S/C17H16O2/c1-12(18)19-11-17-15-8-4-2-3-7-13(15)14-9-5-6-10-16(14)17/h2-3,5-10,17H,4,11H2,1H3. The Morgan fingerprint density at radius 1 is 1.37 bits per heavy atom. The van der Waals surface area contributed by atoms with Crippen LogP contribution in [-0.4, -0.2) is 12.6 Å². The molecule has 0 amide bonds. The summed E-state index contributed by atoms with van der Waals surface area (Å²) >= 11 is 0. The summed E-state index contributed by atoms with van der Waals surface area (Å²) in [6.45, 7) is 1.89. The molecule has 0 bridgehead atoms. The summed E-state index contributed by atoms with van der Waals surface area (Å²) in [5.74, 6) is -0.0477. The van der Waals surface area contributed by atoms with Crippen molar-refractivity contribution < 1.29 is 9.53 Å². The highest BCUT2D eigenvalue weighted by molar-refractivity contribution is 5.89. The molecule has 3 rings (SSSR count). The molecule has 0 fully saturated rings. The van der Waals surface area contributed by atoms with Gasteiger partial charge in [-0.05, 0) is 28.7 Å². The van der Waals surface area contributed by atoms with Crippen LogP contribution in [0.15, 0.2) is 54.1 Å². The lowest BCUT2D eigenvalue weighted by Crippen LogP contribution is -2.09. The molecule has 0 heterocycles. The zero-order chi connectivity index (χ0) is 13.2. The molecule has 0 radical (unpaired) electrons. The van der Waals surface area contributed by atoms with Crippen molar-refractivity contribution in [3.63, 3.8) is 0 Å². The first-order valence-electron chi connectivity index (χ1n) is 6.57. The summed E-state index contributed by atoms with van der Waals surface area (Å²) < 4.78 is 5.25. The quantitative estimate of drug-likeness (QED) is 0.751. The van der Waals surface area contributed by atoms with Crippen molar-refractivity contribution in [1.29, 1.82) is 0 Å². The maximum Gasteiger partial charge on any atom is 0.302 e. The van der Waals surface area contributed by atoms with Crippen molar-refractivity contribution >= 4 is 11.5 Å². The maximum absolute atomic E-state index is 11.1. The first kappa shape index (κ1) is 12.0. The van der Waals surface area contributed by atoms with E-state index in [0.29, 0.717) is 6.61 Å². The van der Waals surface area contributed by atoms with E-state index in [-0.39, 0.29) is 11.9 Å². The lowest BCUT2D eigenvalue weighted by Gasteiger charge is -2.13. The SMILES string of the molecule is CC(=O)OCC1C2=CCC=CC=C2c2ccccc21. The summed E-state index contributed by atoms with van der Waals surface area (Å²) in [7, 11) is 0. The fourth-order valence-corrected chi connectivity index (χ4v) is 2.81. The van der Waals surface area contributed by atoms with Crippen molar-refractivity contribution in [2.75, 3.05) is 6.61 Å². The number of esters is 1. The molecule has 1 aromatic rings. The van der Waals surface area contributed by atoms with Crippen molar-refractivity contribution in [2.24, 2.45) is 0 Å². The molecule has 2 nitrogen and oxygen atoms in total. The van der Waals surface area contributed by atoms with Gasteiger partial charge in [0.05, 0.1) is 0 Å². The third kappa shape index (κ3) is 2.14. The summed E-state index contributed by atoms with van der Waals surface area (Å²) in [5.41, 5.74) is 5.07. The summed E-state index contributed by atoms with van der Waals surface area (Å²) in [5, 5.41) is 0. The largest absolute Gasteiger partial charge is 0.465 e. The molecule has 1 aromatic carbocycles. The van der Waals surface area contributed by atoms with Gasteiger partial charge in [-0.3, -0.25) is 4.79 Å². The summed E-state index contributed by atoms with van der Waals surface area (Å²) in [4.78, 5) is 11.1. The van der Waals surface area contributed by atoms with Gasteiger partial charge in [0.25, 0.3) is 0 Å². The number of carbonyl (C=O) groups excluding carboxylic acids is 1. The predicted molar refractivity (Wildman–Crippen MR) is 75.6 cm³/mol. The summed E-state index contributed by atoms with van der Waals surface area (Å²) in [6.07, 6.45) is 9.57. The second-order valence-electron chi connectivity index (χ2n) is 4.85. The van der Waals surface area contributed by atoms with Crippen molar-refractivity contribution in [2.45, 2.75) is 19.3 Å². The van der Waals surface area contributed by atoms with Crippen LogP contribution < -0.4 is 0 Å². The molecular formula is C17H16O2. The molecule has 2 aliphatic carbocycles. The molecule has 19 heavy (non-hydrogen) atoms. The number of carbonyl (C=O) groups is 1. The zero-order valence-corrected chi connectivity index (χ0v) is 10.9. The molecular weight excluding hydrogens is 236 g/mol. The number of ether oxygens (including phenoxy) is 1. The fourth-order valence-electron chi connectivity index (χ4n) is 2.81. The van der Waals surface area contributed by atoms with Crippen LogP contribution in [0.5, 0.6) is 0 Å². The van der Waals surface area contributed by atoms with Crippen LogP contribution in [0.4, 0.5) is 0 Å². The van der Waals surface area contributed by atoms with E-state index in [0.717, 1.165) is 6.42 Å². The van der Waals surface area contributed by atoms with Crippen molar-refractivity contribution in [3.8, 4) is 0 Å². The average molecular weight is 252 g/mol. The van der Waals surface area contributed by atoms with E-state index in [1.165, 1.54) is 29.2 Å². The van der Waals surface area contributed by atoms with E-state index in [1.807, 2.05) is 6.07 Å². The Balaban J connectivity index is 2.04. The van der Waals surface area contributed by atoms with Gasteiger partial charge in [0.15, 0.2) is 0 Å². The molecule has 2 heteroatoms. The van der Waals surface area contributed by atoms with Crippen LogP contribution >= 0.6 is 0 Å². The highest BCUT2D eigenvalue weighted by Crippen LogP contribution is 2.46. The van der Waals surface area contributed by atoms with E-state index in [2.05, 4.69) is 42.5 Å². The van der Waals surface area contributed by atoms with Gasteiger partial charge in [0, 0.05) is 12.8 Å². The smallest absolute Gasteiger partial charge is 0.302 e. The number of hydrogen-bond donors (Lipinski definition) is 0. The van der Waals surface area contributed by atoms with Gasteiger partial charge >= 0.3 is 5.97 Å². The first-order valence-corrected chi connectivity index (χ1v) is 6.57. The number of hydrogen-bond acceptors (Lipinski definition) is 2. The van der Waals surface area contributed by atoms with Crippen LogP contribution in [-0.2, 0) is 9.53 Å². The van der Waals surface area contributed by atoms with Crippen LogP contribution in [0.1, 0.15) is 30.4 Å². The minimum atomic E-state index is -0.220. The van der Waals surface area contributed by atoms with Crippen LogP contribution in [0.3, 0.4) is 0 Å². The van der Waals surface area contributed by atoms with E-state index in [9.17, 15) is 4.79 Å². The predicted octanol–water partition coefficient (Wildman–Crippen LogP) is 3.62. The molecule has 2 aliphatic rings. The van der Waals surface area contributed by atoms with Gasteiger partial charge in [-0.1, -0.05) is 48.6 Å². The fraction of sp³-hybridized carbons (Fsp3) is 0.235. The van der Waals surface area contributed by atoms with Crippen LogP contribution in [0, 0.1) is 0 Å². The van der Waals surface area contributed by atoms with E-state index in [4.69, 9.17) is 4.74 Å². The first-order chi connectivity index (χ1) is 9.27. The highest BCUT2D eigenvalue weighted by atomic mass is 16.5. The molecule has 0 N–H and O–H groups in total. The topological polar surface area (TPSA) is 26.3 Å². The monoisotopic (exact) mass is 252 g/mol. The number of rotatable bonds is 2. The molecule has 0 aromatic heterocycles. The average Bonchev–Trinajstić information content (AvgIpc) is 2.56. The van der Waals surface area contributed by atoms with Gasteiger partial charge in [0.2, 0.25) is 0 Å². The normalized spacial score (nSPS) is 19.9. The van der Waals surface area contributed by atoms with Crippen molar-refractivity contribution in [3.05, 3.63) is 65.3 Å². The zero-order valence-electron chi connectivity index (χ0n) is 10.9. The Kier molecular flexibility index (Phi) is 3.08. The molecule has 1 atom stereocenters. The second-order valence-corrected chi connectivity index (χ2v) is 4.85. The van der Waals surface area contributed by atoms with E-state index >= 15 is 0 Å². The Labute approximate surface area is 113 Å². The Hall–Kier alpha value is -2.09. The Morgan fingerprint density at radius 2 is 2.21 bits per heavy atom. The Morgan fingerprint density at radius 3 is 3.05 bits per heavy atom. The van der Waals surface area contributed by atoms with Gasteiger partial charge in [-0.25, -0.2) is 0 Å². The molecule has 0 aliphatic heterocycles. The molecule has 0 saturated carbocycles. The van der Waals surface area contributed by atoms with Crippen LogP contribution in [0.2, 0.25) is 0 Å². The highest BCUT2D eigenvalue weighted by Gasteiger charge is 2.31. The Bertz CT molecular complexity index is 605. The number of allylic oxidation sites excluding steroid dienone is 5. The van der Waals surface area contributed by atoms with Crippen LogP contribution in [0.25, 0.3) is 5.57 Å². The minimum absolute atomic E-state index is 0.172. The minimum Gasteiger partial charge on any atom is -0.465 e. The lowest BCUT2D eigenvalue weighted by molar-refractivity contribution is -0.141. The van der Waals surface area contributed by atoms with E-state index < -0.39 is 0 Å². The summed E-state index contributed by atoms with van der Waals surface area (Å²) in [6, 6.07) is 8.37. The van der Waals surface area contributed by atoms with E-state index in [1.54, 1.807) is 0 Å². The maximum atomic E-state index is 11.1. The molecule has 1 unspecified atom stereocenters. The van der Waals surface area contributed by atoms with Gasteiger partial charge in [-0.2, -0.15) is 0 Å². The van der Waals surface area contributed by atoms with Gasteiger partial charge in [0.1, 0.15) is 6.61 Å². The number of benzene rings is 1. The van der Waals surface area contributed by atoms with Gasteiger partial charge in [-0.15, -0.1) is 0 Å². The third-order valence-corrected chi connectivity index (χ3v) is 3.64.